The van der Waals surface area contributed by atoms with Crippen LogP contribution >= 0.6 is 11.6 Å². The number of methoxy groups -OCH3 is 1. The lowest BCUT2D eigenvalue weighted by molar-refractivity contribution is -0.153. The summed E-state index contributed by atoms with van der Waals surface area (Å²) in [6, 6.07) is 28.6. The third-order valence-electron chi connectivity index (χ3n) is 10.0. The first-order chi connectivity index (χ1) is 26.5. The lowest BCUT2D eigenvalue weighted by atomic mass is 9.76. The molecule has 1 N–H and O–H groups in total. The Kier molecular flexibility index (Phi) is 22.8. The van der Waals surface area contributed by atoms with Crippen LogP contribution in [0.4, 0.5) is 0 Å². The number of hydrogen-bond donors (Lipinski definition) is 1. The number of ether oxygens (including phenoxy) is 1. The predicted molar refractivity (Wildman–Crippen MR) is 235 cm³/mol. The predicted octanol–water partition coefficient (Wildman–Crippen LogP) is 11.4. The fourth-order valence-electron chi connectivity index (χ4n) is 7.30. The standard InChI is InChI=1S/C21H25NO3.C18H35ClO.C10H12O2/c1-16(14-17-10-6-4-7-11-17)20(23)22(2)19(21(24)25-3)15-18-12-8-5-9-13-18;1-13(11-17(3,4)5)9-10-15(16(19)20)14(2)12-18(6,7)8;1-8(10(11)12)7-9-5-3-2-4-6-9/h4-13,16,19H,14-15H2,1-3H3;13-15H,9-12H2,1-8H3;2-6,8H,7H2,1H3,(H,11,12)/t16-,19-;;8-/m0.0/s1. The number of amides is 1. The molecule has 7 nitrogen and oxygen atoms in total. The molecule has 8 heteroatoms. The number of rotatable bonds is 17. The summed E-state index contributed by atoms with van der Waals surface area (Å²) in [6.07, 6.45) is 5.95. The molecule has 3 aromatic carbocycles. The molecule has 0 saturated heterocycles. The van der Waals surface area contributed by atoms with Gasteiger partial charge in [0.25, 0.3) is 0 Å². The highest BCUT2D eigenvalue weighted by Gasteiger charge is 2.31. The van der Waals surface area contributed by atoms with Crippen molar-refractivity contribution in [2.75, 3.05) is 14.2 Å². The second-order valence-corrected chi connectivity index (χ2v) is 18.7. The van der Waals surface area contributed by atoms with Crippen molar-refractivity contribution in [3.8, 4) is 0 Å². The zero-order chi connectivity index (χ0) is 43.3. The van der Waals surface area contributed by atoms with E-state index in [0.29, 0.717) is 36.5 Å². The molecule has 0 saturated carbocycles. The van der Waals surface area contributed by atoms with Crippen LogP contribution in [0.5, 0.6) is 0 Å². The van der Waals surface area contributed by atoms with Gasteiger partial charge < -0.3 is 14.7 Å². The Bertz CT molecular complexity index is 1600. The van der Waals surface area contributed by atoms with E-state index >= 15 is 0 Å². The number of carboxylic acids is 1. The van der Waals surface area contributed by atoms with E-state index in [-0.39, 0.29) is 34.3 Å². The average molecular weight is 807 g/mol. The van der Waals surface area contributed by atoms with Crippen LogP contribution in [0.25, 0.3) is 0 Å². The highest BCUT2D eigenvalue weighted by molar-refractivity contribution is 6.64. The van der Waals surface area contributed by atoms with E-state index < -0.39 is 18.0 Å². The van der Waals surface area contributed by atoms with Gasteiger partial charge in [-0.3, -0.25) is 14.4 Å². The summed E-state index contributed by atoms with van der Waals surface area (Å²) in [5.74, 6) is -0.682. The first kappa shape index (κ1) is 51.0. The van der Waals surface area contributed by atoms with E-state index in [1.165, 1.54) is 18.4 Å². The molecule has 0 aliphatic carbocycles. The number of aliphatic carboxylic acids is 1. The Balaban J connectivity index is 0.000000454. The maximum absolute atomic E-state index is 12.8. The van der Waals surface area contributed by atoms with Gasteiger partial charge in [0, 0.05) is 25.3 Å². The van der Waals surface area contributed by atoms with Crippen LogP contribution < -0.4 is 0 Å². The summed E-state index contributed by atoms with van der Waals surface area (Å²) in [7, 11) is 3.03. The SMILES string of the molecule is CC(CCC(C(=O)Cl)C(C)CC(C)(C)C)CC(C)(C)C.COC(=O)[C@H](Cc1ccccc1)N(C)C(=O)[C@@H](C)Cc1ccccc1.C[C@@H](Cc1ccccc1)C(=O)O. The Labute approximate surface area is 349 Å². The van der Waals surface area contributed by atoms with Crippen molar-refractivity contribution < 1.29 is 29.0 Å². The van der Waals surface area contributed by atoms with Crippen LogP contribution in [0.1, 0.15) is 112 Å². The average Bonchev–Trinajstić information content (AvgIpc) is 3.13. The Morgan fingerprint density at radius 2 is 1.05 bits per heavy atom. The molecule has 3 aromatic rings. The fraction of sp³-hybridized carbons (Fsp3) is 0.551. The van der Waals surface area contributed by atoms with Crippen molar-refractivity contribution >= 4 is 34.7 Å². The smallest absolute Gasteiger partial charge is 0.328 e. The summed E-state index contributed by atoms with van der Waals surface area (Å²) in [5, 5.41) is 8.49. The van der Waals surface area contributed by atoms with Gasteiger partial charge in [-0.05, 0) is 89.5 Å². The van der Waals surface area contributed by atoms with Crippen molar-refractivity contribution in [3.05, 3.63) is 108 Å². The third-order valence-corrected chi connectivity index (χ3v) is 10.3. The number of benzene rings is 3. The largest absolute Gasteiger partial charge is 0.481 e. The molecule has 3 unspecified atom stereocenters. The van der Waals surface area contributed by atoms with Crippen LogP contribution in [0.15, 0.2) is 91.0 Å². The minimum Gasteiger partial charge on any atom is -0.481 e. The third kappa shape index (κ3) is 21.9. The van der Waals surface area contributed by atoms with Crippen LogP contribution in [-0.4, -0.2) is 53.3 Å². The van der Waals surface area contributed by atoms with Crippen LogP contribution in [0.2, 0.25) is 0 Å². The minimum absolute atomic E-state index is 0.0123. The van der Waals surface area contributed by atoms with Crippen molar-refractivity contribution in [2.45, 2.75) is 120 Å². The molecule has 0 aromatic heterocycles. The molecule has 0 spiro atoms. The van der Waals surface area contributed by atoms with Crippen molar-refractivity contribution in [2.24, 2.45) is 40.4 Å². The Morgan fingerprint density at radius 3 is 1.42 bits per heavy atom. The van der Waals surface area contributed by atoms with Gasteiger partial charge in [0.2, 0.25) is 11.1 Å². The zero-order valence-electron chi connectivity index (χ0n) is 36.9. The van der Waals surface area contributed by atoms with Gasteiger partial charge in [0.05, 0.1) is 13.0 Å². The molecule has 0 aliphatic heterocycles. The number of carbonyl (C=O) groups is 4. The van der Waals surface area contributed by atoms with Crippen molar-refractivity contribution in [3.63, 3.8) is 0 Å². The molecule has 316 valence electrons. The van der Waals surface area contributed by atoms with Gasteiger partial charge in [0.1, 0.15) is 6.04 Å². The first-order valence-electron chi connectivity index (χ1n) is 20.4. The van der Waals surface area contributed by atoms with Gasteiger partial charge in [-0.2, -0.15) is 0 Å². The highest BCUT2D eigenvalue weighted by atomic mass is 35.5. The van der Waals surface area contributed by atoms with E-state index in [1.54, 1.807) is 14.0 Å². The maximum atomic E-state index is 12.8. The summed E-state index contributed by atoms with van der Waals surface area (Å²) in [5.41, 5.74) is 3.79. The minimum atomic E-state index is -0.737. The normalized spacial score (nSPS) is 14.5. The van der Waals surface area contributed by atoms with Crippen LogP contribution in [-0.2, 0) is 43.2 Å². The van der Waals surface area contributed by atoms with Crippen molar-refractivity contribution in [1.82, 2.24) is 4.90 Å². The summed E-state index contributed by atoms with van der Waals surface area (Å²) in [6.45, 7) is 21.6. The second-order valence-electron chi connectivity index (χ2n) is 18.3. The quantitative estimate of drug-likeness (QED) is 0.108. The van der Waals surface area contributed by atoms with Crippen molar-refractivity contribution in [1.29, 1.82) is 0 Å². The van der Waals surface area contributed by atoms with E-state index in [1.807, 2.05) is 97.9 Å². The lowest BCUT2D eigenvalue weighted by Gasteiger charge is -2.29. The second kappa shape index (κ2) is 25.4. The number of nitrogens with zero attached hydrogens (tertiary/aromatic N) is 1. The lowest BCUT2D eigenvalue weighted by Crippen LogP contribution is -2.46. The Hall–Kier alpha value is -3.97. The number of esters is 1. The molecule has 1 amide bonds. The van der Waals surface area contributed by atoms with E-state index in [2.05, 4.69) is 55.4 Å². The summed E-state index contributed by atoms with van der Waals surface area (Å²) < 4.78 is 4.92. The summed E-state index contributed by atoms with van der Waals surface area (Å²) in [4.78, 5) is 48.8. The molecule has 0 heterocycles. The molecular formula is C49H72ClNO6. The van der Waals surface area contributed by atoms with Gasteiger partial charge in [-0.1, -0.05) is 160 Å². The molecule has 0 bridgehead atoms. The van der Waals surface area contributed by atoms with Crippen LogP contribution in [0, 0.1) is 40.4 Å². The highest BCUT2D eigenvalue weighted by Crippen LogP contribution is 2.34. The maximum Gasteiger partial charge on any atom is 0.328 e. The molecule has 6 atom stereocenters. The molecule has 0 aliphatic rings. The fourth-order valence-corrected chi connectivity index (χ4v) is 7.63. The number of hydrogen-bond acceptors (Lipinski definition) is 5. The Morgan fingerprint density at radius 1 is 0.649 bits per heavy atom. The summed E-state index contributed by atoms with van der Waals surface area (Å²) >= 11 is 5.85. The van der Waals surface area contributed by atoms with Crippen LogP contribution in [0.3, 0.4) is 0 Å². The van der Waals surface area contributed by atoms with Gasteiger partial charge in [-0.25, -0.2) is 4.79 Å². The van der Waals surface area contributed by atoms with Gasteiger partial charge in [0.15, 0.2) is 0 Å². The van der Waals surface area contributed by atoms with E-state index in [9.17, 15) is 19.2 Å². The first-order valence-corrected chi connectivity index (χ1v) is 20.8. The zero-order valence-corrected chi connectivity index (χ0v) is 37.6. The molecule has 57 heavy (non-hydrogen) atoms. The monoisotopic (exact) mass is 806 g/mol. The molecule has 0 radical (unpaired) electrons. The molecule has 3 rings (SSSR count). The van der Waals surface area contributed by atoms with E-state index in [4.69, 9.17) is 21.4 Å². The molecule has 0 fully saturated rings. The number of carbonyl (C=O) groups excluding carboxylic acids is 3. The van der Waals surface area contributed by atoms with E-state index in [0.717, 1.165) is 36.0 Å². The van der Waals surface area contributed by atoms with Gasteiger partial charge in [-0.15, -0.1) is 0 Å². The molecular weight excluding hydrogens is 734 g/mol. The number of likely N-dealkylation sites (N-methyl/N-ethyl adjacent to an activating group) is 1. The topological polar surface area (TPSA) is 101 Å². The number of carboxylic acid groups (broad SMARTS) is 1. The van der Waals surface area contributed by atoms with Gasteiger partial charge >= 0.3 is 11.9 Å². The number of halogens is 1.